The smallest absolute Gasteiger partial charge is 0.407 e. The summed E-state index contributed by atoms with van der Waals surface area (Å²) in [5.74, 6) is 0.680. The van der Waals surface area contributed by atoms with Gasteiger partial charge in [-0.2, -0.15) is 5.10 Å². The highest BCUT2D eigenvalue weighted by molar-refractivity contribution is 6.28. The fraction of sp³-hybridized carbons (Fsp3) is 0.636. The van der Waals surface area contributed by atoms with E-state index in [4.69, 9.17) is 21.1 Å². The van der Waals surface area contributed by atoms with Gasteiger partial charge in [0.25, 0.3) is 0 Å². The Kier molecular flexibility index (Phi) is 6.85. The third kappa shape index (κ3) is 5.89. The maximum atomic E-state index is 12.1. The van der Waals surface area contributed by atoms with Gasteiger partial charge in [0.1, 0.15) is 11.4 Å². The average Bonchev–Trinajstić information content (AvgIpc) is 3.37. The molecule has 2 aliphatic rings. The van der Waals surface area contributed by atoms with E-state index in [9.17, 15) is 4.79 Å². The zero-order valence-electron chi connectivity index (χ0n) is 18.8. The second kappa shape index (κ2) is 9.62. The Hall–Kier alpha value is -2.39. The number of hydrogen-bond donors (Lipinski definition) is 2. The van der Waals surface area contributed by atoms with Crippen LogP contribution in [0.3, 0.4) is 0 Å². The number of amides is 1. The zero-order valence-corrected chi connectivity index (χ0v) is 19.6. The van der Waals surface area contributed by atoms with Gasteiger partial charge in [-0.3, -0.25) is 4.68 Å². The zero-order chi connectivity index (χ0) is 22.7. The summed E-state index contributed by atoms with van der Waals surface area (Å²) in [5, 5.41) is 11.2. The maximum Gasteiger partial charge on any atom is 0.407 e. The Labute approximate surface area is 193 Å². The largest absolute Gasteiger partial charge is 0.444 e. The monoisotopic (exact) mass is 462 g/mol. The number of nitrogens with one attached hydrogen (secondary N) is 2. The highest BCUT2D eigenvalue weighted by Crippen LogP contribution is 2.31. The van der Waals surface area contributed by atoms with E-state index in [1.165, 1.54) is 0 Å². The Morgan fingerprint density at radius 1 is 1.19 bits per heavy atom. The molecule has 2 N–H and O–H groups in total. The minimum Gasteiger partial charge on any atom is -0.444 e. The van der Waals surface area contributed by atoms with Crippen molar-refractivity contribution in [3.63, 3.8) is 0 Å². The lowest BCUT2D eigenvalue weighted by molar-refractivity contribution is 0.0505. The SMILES string of the molecule is CC(C)(C)OC(=O)NC1CCC(Nc2nc(Cl)ncc2-c2cnn(C3CCOCC3)c2)C1. The summed E-state index contributed by atoms with van der Waals surface area (Å²) < 4.78 is 12.8. The first-order valence-electron chi connectivity index (χ1n) is 11.2. The predicted octanol–water partition coefficient (Wildman–Crippen LogP) is 4.20. The summed E-state index contributed by atoms with van der Waals surface area (Å²) >= 11 is 6.11. The first-order valence-corrected chi connectivity index (χ1v) is 11.6. The second-order valence-electron chi connectivity index (χ2n) is 9.45. The number of hydrogen-bond acceptors (Lipinski definition) is 7. The molecule has 1 amide bonds. The molecule has 1 aliphatic heterocycles. The minimum absolute atomic E-state index is 0.0550. The van der Waals surface area contributed by atoms with Crippen molar-refractivity contribution in [1.29, 1.82) is 0 Å². The van der Waals surface area contributed by atoms with E-state index >= 15 is 0 Å². The molecule has 2 unspecified atom stereocenters. The fourth-order valence-electron chi connectivity index (χ4n) is 4.22. The Morgan fingerprint density at radius 3 is 2.69 bits per heavy atom. The lowest BCUT2D eigenvalue weighted by Crippen LogP contribution is -2.38. The van der Waals surface area contributed by atoms with Crippen LogP contribution in [0.15, 0.2) is 18.6 Å². The number of anilines is 1. The molecule has 9 nitrogen and oxygen atoms in total. The van der Waals surface area contributed by atoms with Crippen molar-refractivity contribution in [3.05, 3.63) is 23.9 Å². The molecule has 2 aromatic heterocycles. The molecule has 174 valence electrons. The number of halogens is 1. The summed E-state index contributed by atoms with van der Waals surface area (Å²) in [4.78, 5) is 20.7. The molecule has 0 radical (unpaired) electrons. The number of ether oxygens (including phenoxy) is 2. The van der Waals surface area contributed by atoms with Gasteiger partial charge < -0.3 is 20.1 Å². The Balaban J connectivity index is 1.42. The van der Waals surface area contributed by atoms with Gasteiger partial charge in [0.2, 0.25) is 5.28 Å². The number of carbonyl (C=O) groups excluding carboxylic acids is 1. The molecular formula is C22H31ClN6O3. The molecule has 3 heterocycles. The highest BCUT2D eigenvalue weighted by atomic mass is 35.5. The number of carbonyl (C=O) groups is 1. The van der Waals surface area contributed by atoms with Crippen LogP contribution in [0.1, 0.15) is 58.9 Å². The van der Waals surface area contributed by atoms with Gasteiger partial charge in [0.05, 0.1) is 12.2 Å². The maximum absolute atomic E-state index is 12.1. The van der Waals surface area contributed by atoms with Crippen LogP contribution in [0.5, 0.6) is 0 Å². The van der Waals surface area contributed by atoms with Crippen molar-refractivity contribution >= 4 is 23.5 Å². The van der Waals surface area contributed by atoms with Crippen molar-refractivity contribution < 1.29 is 14.3 Å². The van der Waals surface area contributed by atoms with Crippen molar-refractivity contribution in [3.8, 4) is 11.1 Å². The molecule has 1 saturated carbocycles. The van der Waals surface area contributed by atoms with Crippen molar-refractivity contribution in [1.82, 2.24) is 25.1 Å². The molecule has 0 bridgehead atoms. The third-order valence-electron chi connectivity index (χ3n) is 5.73. The molecule has 0 aromatic carbocycles. The van der Waals surface area contributed by atoms with E-state index in [2.05, 4.69) is 25.7 Å². The van der Waals surface area contributed by atoms with Crippen molar-refractivity contribution in [2.45, 2.75) is 76.6 Å². The summed E-state index contributed by atoms with van der Waals surface area (Å²) in [6, 6.07) is 0.557. The quantitative estimate of drug-likeness (QED) is 0.641. The standard InChI is InChI=1S/C22H31ClN6O3/c1-22(2,3)32-21(30)27-16-5-4-15(10-16)26-19-18(12-24-20(23)28-19)14-11-25-29(13-14)17-6-8-31-9-7-17/h11-13,15-17H,4-10H2,1-3H3,(H,27,30)(H,24,26,28). The molecule has 2 aromatic rings. The van der Waals surface area contributed by atoms with Crippen molar-refractivity contribution in [2.75, 3.05) is 18.5 Å². The number of alkyl carbamates (subject to hydrolysis) is 1. The molecule has 1 aliphatic carbocycles. The van der Waals surface area contributed by atoms with E-state index in [0.29, 0.717) is 11.9 Å². The van der Waals surface area contributed by atoms with E-state index in [1.54, 1.807) is 6.20 Å². The predicted molar refractivity (Wildman–Crippen MR) is 122 cm³/mol. The molecule has 10 heteroatoms. The van der Waals surface area contributed by atoms with Crippen LogP contribution in [-0.4, -0.2) is 56.7 Å². The number of nitrogens with zero attached hydrogens (tertiary/aromatic N) is 4. The number of rotatable bonds is 5. The summed E-state index contributed by atoms with van der Waals surface area (Å²) in [5.41, 5.74) is 1.29. The van der Waals surface area contributed by atoms with Gasteiger partial charge >= 0.3 is 6.09 Å². The van der Waals surface area contributed by atoms with Crippen LogP contribution in [0.25, 0.3) is 11.1 Å². The lowest BCUT2D eigenvalue weighted by atomic mass is 10.1. The molecule has 32 heavy (non-hydrogen) atoms. The van der Waals surface area contributed by atoms with Gasteiger partial charge in [-0.05, 0) is 64.5 Å². The van der Waals surface area contributed by atoms with E-state index in [0.717, 1.165) is 56.4 Å². The molecular weight excluding hydrogens is 432 g/mol. The lowest BCUT2D eigenvalue weighted by Gasteiger charge is -2.22. The Morgan fingerprint density at radius 2 is 1.94 bits per heavy atom. The molecule has 2 atom stereocenters. The topological polar surface area (TPSA) is 103 Å². The summed E-state index contributed by atoms with van der Waals surface area (Å²) in [7, 11) is 0. The van der Waals surface area contributed by atoms with Crippen LogP contribution < -0.4 is 10.6 Å². The van der Waals surface area contributed by atoms with Crippen LogP contribution in [0.2, 0.25) is 5.28 Å². The minimum atomic E-state index is -0.512. The summed E-state index contributed by atoms with van der Waals surface area (Å²) in [6.45, 7) is 7.09. The summed E-state index contributed by atoms with van der Waals surface area (Å²) in [6.07, 6.45) is 9.69. The van der Waals surface area contributed by atoms with Crippen LogP contribution in [0.4, 0.5) is 10.6 Å². The van der Waals surface area contributed by atoms with Gasteiger partial charge in [-0.1, -0.05) is 0 Å². The number of aromatic nitrogens is 4. The van der Waals surface area contributed by atoms with Crippen LogP contribution in [0, 0.1) is 0 Å². The first-order chi connectivity index (χ1) is 15.3. The average molecular weight is 463 g/mol. The van der Waals surface area contributed by atoms with E-state index in [-0.39, 0.29) is 23.5 Å². The van der Waals surface area contributed by atoms with Gasteiger partial charge in [-0.15, -0.1) is 0 Å². The van der Waals surface area contributed by atoms with Crippen LogP contribution in [-0.2, 0) is 9.47 Å². The molecule has 1 saturated heterocycles. The Bertz CT molecular complexity index is 938. The third-order valence-corrected chi connectivity index (χ3v) is 5.91. The van der Waals surface area contributed by atoms with Gasteiger partial charge in [0.15, 0.2) is 0 Å². The van der Waals surface area contributed by atoms with Gasteiger partial charge in [0, 0.05) is 48.8 Å². The first kappa shape index (κ1) is 22.8. The fourth-order valence-corrected chi connectivity index (χ4v) is 4.35. The normalized spacial score (nSPS) is 22.0. The molecule has 2 fully saturated rings. The molecule has 4 rings (SSSR count). The second-order valence-corrected chi connectivity index (χ2v) is 9.79. The van der Waals surface area contributed by atoms with E-state index in [1.807, 2.05) is 37.8 Å². The van der Waals surface area contributed by atoms with Crippen molar-refractivity contribution in [2.24, 2.45) is 0 Å². The van der Waals surface area contributed by atoms with E-state index < -0.39 is 5.60 Å². The highest BCUT2D eigenvalue weighted by Gasteiger charge is 2.29. The van der Waals surface area contributed by atoms with Gasteiger partial charge in [-0.25, -0.2) is 14.8 Å². The van der Waals surface area contributed by atoms with Crippen LogP contribution >= 0.6 is 11.6 Å². The molecule has 0 spiro atoms.